The third kappa shape index (κ3) is 3.63. The molecule has 0 saturated carbocycles. The zero-order valence-corrected chi connectivity index (χ0v) is 12.3. The van der Waals surface area contributed by atoms with Gasteiger partial charge in [0.15, 0.2) is 5.76 Å². The number of nitrogens with zero attached hydrogens (tertiary/aromatic N) is 2. The van der Waals surface area contributed by atoms with Crippen molar-refractivity contribution >= 4 is 11.6 Å². The maximum atomic E-state index is 9.15. The molecule has 1 aliphatic heterocycles. The second kappa shape index (κ2) is 6.58. The molecular weight excluding hydrogens is 292 g/mol. The number of oxazole rings is 1. The number of benzene rings is 1. The molecule has 0 spiro atoms. The van der Waals surface area contributed by atoms with E-state index in [1.54, 1.807) is 6.20 Å². The van der Waals surface area contributed by atoms with Gasteiger partial charge < -0.3 is 14.3 Å². The molecule has 2 aromatic rings. The van der Waals surface area contributed by atoms with E-state index in [-0.39, 0.29) is 12.7 Å². The highest BCUT2D eigenvalue weighted by molar-refractivity contribution is 6.30. The summed E-state index contributed by atoms with van der Waals surface area (Å²) in [5, 5.41) is 9.82. The van der Waals surface area contributed by atoms with Crippen molar-refractivity contribution in [2.45, 2.75) is 12.6 Å². The highest BCUT2D eigenvalue weighted by Crippen LogP contribution is 2.24. The van der Waals surface area contributed by atoms with E-state index in [1.807, 2.05) is 24.3 Å². The van der Waals surface area contributed by atoms with Crippen LogP contribution in [0.2, 0.25) is 5.02 Å². The number of halogens is 1. The third-order valence-electron chi connectivity index (χ3n) is 3.45. The minimum absolute atomic E-state index is 0.0375. The molecule has 1 aromatic carbocycles. The lowest BCUT2D eigenvalue weighted by molar-refractivity contribution is -0.0567. The fourth-order valence-corrected chi connectivity index (χ4v) is 2.57. The molecule has 2 heterocycles. The molecule has 1 N–H and O–H groups in total. The molecule has 0 bridgehead atoms. The Morgan fingerprint density at radius 3 is 3.14 bits per heavy atom. The van der Waals surface area contributed by atoms with E-state index in [0.717, 1.165) is 12.1 Å². The summed E-state index contributed by atoms with van der Waals surface area (Å²) in [5.74, 6) is 1.36. The summed E-state index contributed by atoms with van der Waals surface area (Å²) >= 11 is 5.98. The van der Waals surface area contributed by atoms with Gasteiger partial charge in [-0.3, -0.25) is 4.90 Å². The predicted octanol–water partition coefficient (Wildman–Crippen LogP) is 2.19. The van der Waals surface area contributed by atoms with Crippen LogP contribution in [0.3, 0.4) is 0 Å². The first-order valence-corrected chi connectivity index (χ1v) is 7.28. The summed E-state index contributed by atoms with van der Waals surface area (Å²) < 4.78 is 11.2. The van der Waals surface area contributed by atoms with E-state index in [2.05, 4.69) is 9.88 Å². The minimum Gasteiger partial charge on any atom is -0.439 e. The van der Waals surface area contributed by atoms with Crippen LogP contribution in [-0.4, -0.2) is 47.4 Å². The Balaban J connectivity index is 1.68. The first kappa shape index (κ1) is 14.5. The van der Waals surface area contributed by atoms with Gasteiger partial charge in [-0.2, -0.15) is 0 Å². The van der Waals surface area contributed by atoms with Gasteiger partial charge in [0.25, 0.3) is 0 Å². The number of hydrogen-bond donors (Lipinski definition) is 1. The van der Waals surface area contributed by atoms with Crippen molar-refractivity contribution in [3.05, 3.63) is 41.4 Å². The van der Waals surface area contributed by atoms with Gasteiger partial charge in [0.05, 0.1) is 32.1 Å². The molecule has 3 rings (SSSR count). The van der Waals surface area contributed by atoms with Gasteiger partial charge in [-0.05, 0) is 12.1 Å². The fraction of sp³-hybridized carbons (Fsp3) is 0.400. The molecule has 0 radical (unpaired) electrons. The van der Waals surface area contributed by atoms with Crippen LogP contribution in [0.25, 0.3) is 11.3 Å². The molecule has 1 aromatic heterocycles. The lowest BCUT2D eigenvalue weighted by atomic mass is 10.2. The minimum atomic E-state index is -0.124. The average Bonchev–Trinajstić information content (AvgIpc) is 2.96. The number of ether oxygens (including phenoxy) is 1. The van der Waals surface area contributed by atoms with Gasteiger partial charge >= 0.3 is 0 Å². The van der Waals surface area contributed by atoms with E-state index in [0.29, 0.717) is 36.4 Å². The maximum Gasteiger partial charge on any atom is 0.209 e. The standard InChI is InChI=1S/C15H17ClN2O3/c16-12-3-1-2-11(6-12)14-7-17-15(21-14)9-18-4-5-20-13(8-18)10-19/h1-3,6-7,13,19H,4-5,8-10H2. The molecule has 1 atom stereocenters. The van der Waals surface area contributed by atoms with Crippen LogP contribution in [0.5, 0.6) is 0 Å². The maximum absolute atomic E-state index is 9.15. The second-order valence-electron chi connectivity index (χ2n) is 5.04. The summed E-state index contributed by atoms with van der Waals surface area (Å²) in [6, 6.07) is 7.49. The Hall–Kier alpha value is -1.40. The Morgan fingerprint density at radius 1 is 1.43 bits per heavy atom. The number of aliphatic hydroxyl groups excluding tert-OH is 1. The quantitative estimate of drug-likeness (QED) is 0.938. The third-order valence-corrected chi connectivity index (χ3v) is 3.68. The van der Waals surface area contributed by atoms with E-state index in [9.17, 15) is 0 Å². The van der Waals surface area contributed by atoms with Crippen LogP contribution in [0.4, 0.5) is 0 Å². The molecule has 1 saturated heterocycles. The van der Waals surface area contributed by atoms with Gasteiger partial charge in [-0.15, -0.1) is 0 Å². The number of rotatable bonds is 4. The fourth-order valence-electron chi connectivity index (χ4n) is 2.38. The molecular formula is C15H17ClN2O3. The topological polar surface area (TPSA) is 58.7 Å². The highest BCUT2D eigenvalue weighted by atomic mass is 35.5. The van der Waals surface area contributed by atoms with Crippen molar-refractivity contribution in [2.75, 3.05) is 26.3 Å². The van der Waals surface area contributed by atoms with Gasteiger partial charge in [-0.25, -0.2) is 4.98 Å². The van der Waals surface area contributed by atoms with E-state index >= 15 is 0 Å². The summed E-state index contributed by atoms with van der Waals surface area (Å²) in [7, 11) is 0. The Morgan fingerprint density at radius 2 is 2.33 bits per heavy atom. The lowest BCUT2D eigenvalue weighted by Gasteiger charge is -2.30. The number of morpholine rings is 1. The van der Waals surface area contributed by atoms with Crippen LogP contribution in [0, 0.1) is 0 Å². The van der Waals surface area contributed by atoms with Crippen LogP contribution in [0.1, 0.15) is 5.89 Å². The van der Waals surface area contributed by atoms with Crippen molar-refractivity contribution in [2.24, 2.45) is 0 Å². The van der Waals surface area contributed by atoms with Gasteiger partial charge in [-0.1, -0.05) is 23.7 Å². The smallest absolute Gasteiger partial charge is 0.209 e. The van der Waals surface area contributed by atoms with E-state index in [1.165, 1.54) is 0 Å². The molecule has 5 nitrogen and oxygen atoms in total. The first-order valence-electron chi connectivity index (χ1n) is 6.90. The Bertz CT molecular complexity index is 602. The Labute approximate surface area is 128 Å². The van der Waals surface area contributed by atoms with Crippen molar-refractivity contribution < 1.29 is 14.3 Å². The van der Waals surface area contributed by atoms with Crippen molar-refractivity contribution in [1.29, 1.82) is 0 Å². The van der Waals surface area contributed by atoms with Crippen molar-refractivity contribution in [3.63, 3.8) is 0 Å². The Kier molecular flexibility index (Phi) is 4.55. The largest absolute Gasteiger partial charge is 0.439 e. The molecule has 1 fully saturated rings. The van der Waals surface area contributed by atoms with E-state index in [4.69, 9.17) is 25.9 Å². The summed E-state index contributed by atoms with van der Waals surface area (Å²) in [5.41, 5.74) is 0.913. The monoisotopic (exact) mass is 308 g/mol. The highest BCUT2D eigenvalue weighted by Gasteiger charge is 2.21. The van der Waals surface area contributed by atoms with E-state index < -0.39 is 0 Å². The predicted molar refractivity (Wildman–Crippen MR) is 79.1 cm³/mol. The zero-order chi connectivity index (χ0) is 14.7. The average molecular weight is 309 g/mol. The molecule has 0 aliphatic carbocycles. The van der Waals surface area contributed by atoms with Crippen molar-refractivity contribution in [3.8, 4) is 11.3 Å². The van der Waals surface area contributed by atoms with Gasteiger partial charge in [0.1, 0.15) is 0 Å². The molecule has 21 heavy (non-hydrogen) atoms. The number of aliphatic hydroxyl groups is 1. The lowest BCUT2D eigenvalue weighted by Crippen LogP contribution is -2.43. The van der Waals surface area contributed by atoms with Gasteiger partial charge in [0, 0.05) is 23.7 Å². The van der Waals surface area contributed by atoms with Crippen LogP contribution < -0.4 is 0 Å². The first-order chi connectivity index (χ1) is 10.2. The zero-order valence-electron chi connectivity index (χ0n) is 11.5. The van der Waals surface area contributed by atoms with Crippen molar-refractivity contribution in [1.82, 2.24) is 9.88 Å². The molecule has 0 amide bonds. The molecule has 6 heteroatoms. The molecule has 1 aliphatic rings. The summed E-state index contributed by atoms with van der Waals surface area (Å²) in [4.78, 5) is 6.48. The summed E-state index contributed by atoms with van der Waals surface area (Å²) in [6.45, 7) is 2.76. The van der Waals surface area contributed by atoms with Gasteiger partial charge in [0.2, 0.25) is 5.89 Å². The van der Waals surface area contributed by atoms with Crippen LogP contribution in [0.15, 0.2) is 34.9 Å². The van der Waals surface area contributed by atoms with Crippen LogP contribution in [-0.2, 0) is 11.3 Å². The normalized spacial score (nSPS) is 19.8. The number of hydrogen-bond acceptors (Lipinski definition) is 5. The second-order valence-corrected chi connectivity index (χ2v) is 5.48. The number of aromatic nitrogens is 1. The SMILES string of the molecule is OCC1CN(Cc2ncc(-c3cccc(Cl)c3)o2)CCO1. The van der Waals surface area contributed by atoms with Crippen LogP contribution >= 0.6 is 11.6 Å². The molecule has 1 unspecified atom stereocenters. The summed E-state index contributed by atoms with van der Waals surface area (Å²) in [6.07, 6.45) is 1.59. The molecule has 112 valence electrons.